The predicted octanol–water partition coefficient (Wildman–Crippen LogP) is 2.26. The van der Waals surface area contributed by atoms with E-state index in [1.54, 1.807) is 7.11 Å². The molecule has 0 heterocycles. The zero-order valence-electron chi connectivity index (χ0n) is 9.50. The van der Waals surface area contributed by atoms with E-state index in [1.165, 1.54) is 7.11 Å². The number of hydrogen-bond donors (Lipinski definition) is 1. The first kappa shape index (κ1) is 14.5. The van der Waals surface area contributed by atoms with Crippen LogP contribution >= 0.6 is 31.9 Å². The maximum Gasteiger partial charge on any atom is 0.322 e. The molecule has 0 unspecified atom stereocenters. The summed E-state index contributed by atoms with van der Waals surface area (Å²) in [4.78, 5) is 11.3. The molecule has 0 saturated heterocycles. The van der Waals surface area contributed by atoms with Gasteiger partial charge < -0.3 is 15.2 Å². The van der Waals surface area contributed by atoms with Crippen molar-refractivity contribution in [1.29, 1.82) is 0 Å². The first-order chi connectivity index (χ1) is 7.99. The Bertz CT molecular complexity index is 400. The molecule has 0 bridgehead atoms. The van der Waals surface area contributed by atoms with Crippen LogP contribution in [0.3, 0.4) is 0 Å². The molecule has 0 aromatic heterocycles. The van der Waals surface area contributed by atoms with E-state index in [1.807, 2.05) is 12.1 Å². The quantitative estimate of drug-likeness (QED) is 0.830. The molecule has 0 spiro atoms. The maximum atomic E-state index is 11.3. The van der Waals surface area contributed by atoms with Crippen LogP contribution in [0.5, 0.6) is 5.75 Å². The van der Waals surface area contributed by atoms with Gasteiger partial charge in [-0.1, -0.05) is 31.9 Å². The van der Waals surface area contributed by atoms with E-state index >= 15 is 0 Å². The SMILES string of the molecule is COC(=O)[C@@H](N)Cc1c(Br)cc(OC)cc1Br. The standard InChI is InChI=1S/C11H13Br2NO3/c1-16-6-3-8(12)7(9(13)4-6)5-10(14)11(15)17-2/h3-4,10H,5,14H2,1-2H3/t10-/m0/s1. The van der Waals surface area contributed by atoms with Gasteiger partial charge in [0, 0.05) is 15.4 Å². The van der Waals surface area contributed by atoms with E-state index in [0.29, 0.717) is 6.42 Å². The molecule has 1 aromatic carbocycles. The number of nitrogens with two attached hydrogens (primary N) is 1. The number of carbonyl (C=O) groups excluding carboxylic acids is 1. The summed E-state index contributed by atoms with van der Waals surface area (Å²) in [5, 5.41) is 0. The Morgan fingerprint density at radius 3 is 2.29 bits per heavy atom. The summed E-state index contributed by atoms with van der Waals surface area (Å²) < 4.78 is 11.4. The largest absolute Gasteiger partial charge is 0.497 e. The lowest BCUT2D eigenvalue weighted by atomic mass is 10.1. The van der Waals surface area contributed by atoms with Crippen LogP contribution in [-0.4, -0.2) is 26.2 Å². The highest BCUT2D eigenvalue weighted by Gasteiger charge is 2.18. The third kappa shape index (κ3) is 3.69. The molecule has 4 nitrogen and oxygen atoms in total. The lowest BCUT2D eigenvalue weighted by molar-refractivity contribution is -0.142. The number of ether oxygens (including phenoxy) is 2. The third-order valence-corrected chi connectivity index (χ3v) is 3.69. The van der Waals surface area contributed by atoms with E-state index < -0.39 is 12.0 Å². The van der Waals surface area contributed by atoms with Crippen molar-refractivity contribution >= 4 is 37.8 Å². The molecule has 0 fully saturated rings. The van der Waals surface area contributed by atoms with Crippen molar-refractivity contribution in [2.24, 2.45) is 5.73 Å². The first-order valence-corrected chi connectivity index (χ1v) is 6.43. The minimum absolute atomic E-state index is 0.387. The Balaban J connectivity index is 2.95. The van der Waals surface area contributed by atoms with Gasteiger partial charge in [-0.3, -0.25) is 4.79 Å². The van der Waals surface area contributed by atoms with Crippen LogP contribution in [0.15, 0.2) is 21.1 Å². The topological polar surface area (TPSA) is 61.5 Å². The van der Waals surface area contributed by atoms with E-state index in [-0.39, 0.29) is 0 Å². The van der Waals surface area contributed by atoms with Gasteiger partial charge in [-0.25, -0.2) is 0 Å². The Morgan fingerprint density at radius 1 is 1.35 bits per heavy atom. The van der Waals surface area contributed by atoms with Crippen LogP contribution in [0.4, 0.5) is 0 Å². The molecule has 0 amide bonds. The van der Waals surface area contributed by atoms with Crippen LogP contribution in [0.2, 0.25) is 0 Å². The minimum atomic E-state index is -0.680. The van der Waals surface area contributed by atoms with Gasteiger partial charge >= 0.3 is 5.97 Å². The maximum absolute atomic E-state index is 11.3. The number of methoxy groups -OCH3 is 2. The zero-order chi connectivity index (χ0) is 13.0. The summed E-state index contributed by atoms with van der Waals surface area (Å²) >= 11 is 6.84. The normalized spacial score (nSPS) is 12.1. The molecule has 0 radical (unpaired) electrons. The third-order valence-electron chi connectivity index (χ3n) is 2.28. The van der Waals surface area contributed by atoms with Gasteiger partial charge in [0.1, 0.15) is 11.8 Å². The van der Waals surface area contributed by atoms with Crippen molar-refractivity contribution in [3.63, 3.8) is 0 Å². The fourth-order valence-corrected chi connectivity index (χ4v) is 2.82. The average molecular weight is 367 g/mol. The Hall–Kier alpha value is -0.590. The highest BCUT2D eigenvalue weighted by Crippen LogP contribution is 2.31. The molecule has 17 heavy (non-hydrogen) atoms. The fraction of sp³-hybridized carbons (Fsp3) is 0.364. The predicted molar refractivity (Wildman–Crippen MR) is 72.1 cm³/mol. The molecule has 0 aliphatic rings. The van der Waals surface area contributed by atoms with E-state index in [4.69, 9.17) is 10.5 Å². The van der Waals surface area contributed by atoms with Crippen molar-refractivity contribution in [1.82, 2.24) is 0 Å². The van der Waals surface area contributed by atoms with E-state index in [9.17, 15) is 4.79 Å². The van der Waals surface area contributed by atoms with Gasteiger partial charge in [0.15, 0.2) is 0 Å². The summed E-state index contributed by atoms with van der Waals surface area (Å²) in [7, 11) is 2.91. The Labute approximate surface area is 117 Å². The summed E-state index contributed by atoms with van der Waals surface area (Å²) in [6.07, 6.45) is 0.387. The van der Waals surface area contributed by atoms with Gasteiger partial charge in [-0.2, -0.15) is 0 Å². The second-order valence-electron chi connectivity index (χ2n) is 3.40. The summed E-state index contributed by atoms with van der Waals surface area (Å²) in [5.74, 6) is 0.291. The molecule has 94 valence electrons. The number of carbonyl (C=O) groups is 1. The van der Waals surface area contributed by atoms with Crippen LogP contribution in [0.25, 0.3) is 0 Å². The molecule has 0 aliphatic carbocycles. The van der Waals surface area contributed by atoms with Crippen molar-refractivity contribution in [3.8, 4) is 5.75 Å². The molecule has 1 atom stereocenters. The molecular formula is C11H13Br2NO3. The second kappa shape index (κ2) is 6.37. The lowest BCUT2D eigenvalue weighted by Crippen LogP contribution is -2.33. The summed E-state index contributed by atoms with van der Waals surface area (Å²) in [6, 6.07) is 2.97. The summed E-state index contributed by atoms with van der Waals surface area (Å²) in [5.41, 5.74) is 6.63. The number of hydrogen-bond acceptors (Lipinski definition) is 4. The smallest absolute Gasteiger partial charge is 0.322 e. The van der Waals surface area contributed by atoms with Gasteiger partial charge in [0.25, 0.3) is 0 Å². The number of halogens is 2. The molecular weight excluding hydrogens is 354 g/mol. The molecule has 1 aromatic rings. The molecule has 1 rings (SSSR count). The van der Waals surface area contributed by atoms with Gasteiger partial charge in [-0.15, -0.1) is 0 Å². The molecule has 0 saturated carbocycles. The lowest BCUT2D eigenvalue weighted by Gasteiger charge is -2.13. The average Bonchev–Trinajstić information content (AvgIpc) is 2.31. The van der Waals surface area contributed by atoms with Gasteiger partial charge in [0.05, 0.1) is 14.2 Å². The van der Waals surface area contributed by atoms with Crippen LogP contribution in [-0.2, 0) is 16.0 Å². The first-order valence-electron chi connectivity index (χ1n) is 4.85. The van der Waals surface area contributed by atoms with Crippen LogP contribution in [0, 0.1) is 0 Å². The second-order valence-corrected chi connectivity index (χ2v) is 5.11. The van der Waals surface area contributed by atoms with Gasteiger partial charge in [0.2, 0.25) is 0 Å². The zero-order valence-corrected chi connectivity index (χ0v) is 12.7. The van der Waals surface area contributed by atoms with E-state index in [0.717, 1.165) is 20.3 Å². The van der Waals surface area contributed by atoms with E-state index in [2.05, 4.69) is 36.6 Å². The Morgan fingerprint density at radius 2 is 1.88 bits per heavy atom. The number of rotatable bonds is 4. The van der Waals surface area contributed by atoms with Crippen molar-refractivity contribution in [2.75, 3.05) is 14.2 Å². The summed E-state index contributed by atoms with van der Waals surface area (Å²) in [6.45, 7) is 0. The fourth-order valence-electron chi connectivity index (χ4n) is 1.35. The van der Waals surface area contributed by atoms with Crippen LogP contribution < -0.4 is 10.5 Å². The molecule has 6 heteroatoms. The highest BCUT2D eigenvalue weighted by atomic mass is 79.9. The van der Waals surface area contributed by atoms with Crippen molar-refractivity contribution in [3.05, 3.63) is 26.6 Å². The highest BCUT2D eigenvalue weighted by molar-refractivity contribution is 9.11. The monoisotopic (exact) mass is 365 g/mol. The molecule has 0 aliphatic heterocycles. The number of esters is 1. The minimum Gasteiger partial charge on any atom is -0.497 e. The number of benzene rings is 1. The van der Waals surface area contributed by atoms with Crippen LogP contribution in [0.1, 0.15) is 5.56 Å². The Kier molecular flexibility index (Phi) is 5.42. The molecule has 2 N–H and O–H groups in total. The van der Waals surface area contributed by atoms with Gasteiger partial charge in [-0.05, 0) is 17.7 Å². The van der Waals surface area contributed by atoms with Crippen molar-refractivity contribution < 1.29 is 14.3 Å². The van der Waals surface area contributed by atoms with Crippen molar-refractivity contribution in [2.45, 2.75) is 12.5 Å².